The first kappa shape index (κ1) is 11.9. The highest BCUT2D eigenvalue weighted by molar-refractivity contribution is 6.00. The Morgan fingerprint density at radius 1 is 1.10 bits per heavy atom. The second-order valence-electron chi connectivity index (χ2n) is 5.03. The average molecular weight is 274 g/mol. The summed E-state index contributed by atoms with van der Waals surface area (Å²) in [4.78, 5) is 7.72. The fourth-order valence-corrected chi connectivity index (χ4v) is 2.62. The second kappa shape index (κ2) is 4.59. The number of imidazole rings is 1. The highest BCUT2D eigenvalue weighted by Crippen LogP contribution is 2.20. The van der Waals surface area contributed by atoms with E-state index in [2.05, 4.69) is 34.1 Å². The van der Waals surface area contributed by atoms with Crippen molar-refractivity contribution >= 4 is 28.2 Å². The first-order valence-corrected chi connectivity index (χ1v) is 6.87. The maximum atomic E-state index is 4.56. The minimum Gasteiger partial charge on any atom is -0.358 e. The number of hydrogen-bond donors (Lipinski definition) is 1. The summed E-state index contributed by atoms with van der Waals surface area (Å²) in [6, 6.07) is 16.2. The molecular formula is C17H14N4. The molecule has 0 saturated carbocycles. The Kier molecular flexibility index (Phi) is 2.60. The molecule has 0 saturated heterocycles. The molecule has 0 aliphatic carbocycles. The van der Waals surface area contributed by atoms with Crippen molar-refractivity contribution in [2.24, 2.45) is 5.10 Å². The summed E-state index contributed by atoms with van der Waals surface area (Å²) in [7, 11) is 0. The van der Waals surface area contributed by atoms with E-state index in [-0.39, 0.29) is 0 Å². The van der Waals surface area contributed by atoms with Crippen molar-refractivity contribution in [3.63, 3.8) is 0 Å². The Morgan fingerprint density at radius 2 is 1.90 bits per heavy atom. The SMILES string of the molecule is Cc1[nH]c2ccccc2c1/C=N/n1cnc2ccccc21. The van der Waals surface area contributed by atoms with Crippen molar-refractivity contribution in [3.05, 3.63) is 66.1 Å². The molecule has 2 aromatic heterocycles. The molecule has 0 aliphatic rings. The number of nitrogens with zero attached hydrogens (tertiary/aromatic N) is 3. The molecule has 0 spiro atoms. The number of rotatable bonds is 2. The van der Waals surface area contributed by atoms with Gasteiger partial charge in [0.2, 0.25) is 0 Å². The quantitative estimate of drug-likeness (QED) is 0.556. The number of hydrogen-bond acceptors (Lipinski definition) is 2. The summed E-state index contributed by atoms with van der Waals surface area (Å²) in [5.74, 6) is 0. The molecule has 4 aromatic rings. The molecule has 0 aliphatic heterocycles. The number of para-hydroxylation sites is 3. The molecule has 1 N–H and O–H groups in total. The minimum atomic E-state index is 0.949. The van der Waals surface area contributed by atoms with Crippen LogP contribution in [0.3, 0.4) is 0 Å². The molecule has 0 bridgehead atoms. The molecule has 0 amide bonds. The summed E-state index contributed by atoms with van der Waals surface area (Å²) in [5.41, 5.74) is 5.32. The van der Waals surface area contributed by atoms with Crippen LogP contribution in [0, 0.1) is 6.92 Å². The molecule has 4 heteroatoms. The first-order chi connectivity index (χ1) is 10.3. The summed E-state index contributed by atoms with van der Waals surface area (Å²) < 4.78 is 1.80. The Bertz CT molecular complexity index is 959. The van der Waals surface area contributed by atoms with Crippen LogP contribution < -0.4 is 0 Å². The Morgan fingerprint density at radius 3 is 2.86 bits per heavy atom. The van der Waals surface area contributed by atoms with Gasteiger partial charge in [0.1, 0.15) is 6.33 Å². The van der Waals surface area contributed by atoms with Crippen molar-refractivity contribution in [3.8, 4) is 0 Å². The predicted molar refractivity (Wildman–Crippen MR) is 85.8 cm³/mol. The molecule has 0 fully saturated rings. The van der Waals surface area contributed by atoms with Gasteiger partial charge in [-0.15, -0.1) is 0 Å². The van der Waals surface area contributed by atoms with Gasteiger partial charge >= 0.3 is 0 Å². The zero-order chi connectivity index (χ0) is 14.2. The largest absolute Gasteiger partial charge is 0.358 e. The van der Waals surface area contributed by atoms with Crippen LogP contribution in [0.4, 0.5) is 0 Å². The van der Waals surface area contributed by atoms with Gasteiger partial charge in [0.05, 0.1) is 17.2 Å². The maximum Gasteiger partial charge on any atom is 0.118 e. The number of aryl methyl sites for hydroxylation is 1. The van der Waals surface area contributed by atoms with Crippen molar-refractivity contribution in [1.82, 2.24) is 14.6 Å². The van der Waals surface area contributed by atoms with E-state index < -0.39 is 0 Å². The van der Waals surface area contributed by atoms with E-state index in [1.165, 1.54) is 5.39 Å². The van der Waals surface area contributed by atoms with Crippen molar-refractivity contribution in [2.75, 3.05) is 0 Å². The second-order valence-corrected chi connectivity index (χ2v) is 5.03. The highest BCUT2D eigenvalue weighted by Gasteiger charge is 2.05. The molecule has 2 aromatic carbocycles. The van der Waals surface area contributed by atoms with Crippen LogP contribution in [0.5, 0.6) is 0 Å². The van der Waals surface area contributed by atoms with Gasteiger partial charge < -0.3 is 4.98 Å². The first-order valence-electron chi connectivity index (χ1n) is 6.87. The number of aromatic nitrogens is 3. The van der Waals surface area contributed by atoms with E-state index in [0.29, 0.717) is 0 Å². The summed E-state index contributed by atoms with van der Waals surface area (Å²) >= 11 is 0. The topological polar surface area (TPSA) is 46.0 Å². The average Bonchev–Trinajstić information content (AvgIpc) is 3.06. The number of nitrogens with one attached hydrogen (secondary N) is 1. The molecule has 4 nitrogen and oxygen atoms in total. The Balaban J connectivity index is 1.82. The minimum absolute atomic E-state index is 0.949. The van der Waals surface area contributed by atoms with Gasteiger partial charge in [-0.05, 0) is 25.1 Å². The van der Waals surface area contributed by atoms with Gasteiger partial charge in [-0.2, -0.15) is 5.10 Å². The van der Waals surface area contributed by atoms with Gasteiger partial charge in [-0.1, -0.05) is 30.3 Å². The lowest BCUT2D eigenvalue weighted by atomic mass is 10.1. The molecule has 0 atom stereocenters. The van der Waals surface area contributed by atoms with E-state index in [0.717, 1.165) is 27.8 Å². The third-order valence-corrected chi connectivity index (χ3v) is 3.69. The number of benzene rings is 2. The van der Waals surface area contributed by atoms with Gasteiger partial charge in [0, 0.05) is 22.2 Å². The number of fused-ring (bicyclic) bond motifs is 2. The lowest BCUT2D eigenvalue weighted by Crippen LogP contribution is -1.90. The van der Waals surface area contributed by atoms with E-state index >= 15 is 0 Å². The summed E-state index contributed by atoms with van der Waals surface area (Å²) in [6.45, 7) is 2.06. The highest BCUT2D eigenvalue weighted by atomic mass is 15.4. The lowest BCUT2D eigenvalue weighted by Gasteiger charge is -1.96. The van der Waals surface area contributed by atoms with Crippen LogP contribution >= 0.6 is 0 Å². The standard InChI is InChI=1S/C17H14N4/c1-12-14(13-6-2-3-7-15(13)20-12)10-19-21-11-18-16-8-4-5-9-17(16)21/h2-11,20H,1H3/b19-10+. The van der Waals surface area contributed by atoms with E-state index in [1.807, 2.05) is 42.6 Å². The van der Waals surface area contributed by atoms with Gasteiger partial charge in [0.15, 0.2) is 0 Å². The predicted octanol–water partition coefficient (Wildman–Crippen LogP) is 3.71. The Labute approximate surface area is 121 Å². The van der Waals surface area contributed by atoms with E-state index in [1.54, 1.807) is 11.0 Å². The molecule has 2 heterocycles. The monoisotopic (exact) mass is 274 g/mol. The fraction of sp³-hybridized carbons (Fsp3) is 0.0588. The smallest absolute Gasteiger partial charge is 0.118 e. The normalized spacial score (nSPS) is 11.9. The van der Waals surface area contributed by atoms with E-state index in [4.69, 9.17) is 0 Å². The molecule has 21 heavy (non-hydrogen) atoms. The van der Waals surface area contributed by atoms with Crippen molar-refractivity contribution in [2.45, 2.75) is 6.92 Å². The van der Waals surface area contributed by atoms with Gasteiger partial charge in [-0.3, -0.25) is 0 Å². The Hall–Kier alpha value is -2.88. The zero-order valence-corrected chi connectivity index (χ0v) is 11.6. The fourth-order valence-electron chi connectivity index (χ4n) is 2.62. The third-order valence-electron chi connectivity index (χ3n) is 3.69. The van der Waals surface area contributed by atoms with Crippen LogP contribution in [-0.2, 0) is 0 Å². The summed E-state index contributed by atoms with van der Waals surface area (Å²) in [6.07, 6.45) is 3.63. The van der Waals surface area contributed by atoms with Crippen LogP contribution in [-0.4, -0.2) is 20.9 Å². The van der Waals surface area contributed by atoms with Gasteiger partial charge in [-0.25, -0.2) is 9.66 Å². The molecule has 102 valence electrons. The number of H-pyrrole nitrogens is 1. The van der Waals surface area contributed by atoms with Crippen LogP contribution in [0.15, 0.2) is 60.0 Å². The van der Waals surface area contributed by atoms with Gasteiger partial charge in [0.25, 0.3) is 0 Å². The summed E-state index contributed by atoms with van der Waals surface area (Å²) in [5, 5.41) is 5.74. The van der Waals surface area contributed by atoms with E-state index in [9.17, 15) is 0 Å². The zero-order valence-electron chi connectivity index (χ0n) is 11.6. The van der Waals surface area contributed by atoms with Crippen molar-refractivity contribution < 1.29 is 0 Å². The van der Waals surface area contributed by atoms with Crippen LogP contribution in [0.1, 0.15) is 11.3 Å². The molecule has 0 radical (unpaired) electrons. The number of aromatic amines is 1. The lowest BCUT2D eigenvalue weighted by molar-refractivity contribution is 0.914. The van der Waals surface area contributed by atoms with Crippen molar-refractivity contribution in [1.29, 1.82) is 0 Å². The van der Waals surface area contributed by atoms with Crippen LogP contribution in [0.25, 0.3) is 21.9 Å². The van der Waals surface area contributed by atoms with Crippen LogP contribution in [0.2, 0.25) is 0 Å². The molecular weight excluding hydrogens is 260 g/mol. The third kappa shape index (κ3) is 1.92. The molecule has 4 rings (SSSR count). The maximum absolute atomic E-state index is 4.56. The molecule has 0 unspecified atom stereocenters.